The van der Waals surface area contributed by atoms with E-state index in [1.54, 1.807) is 49.4 Å². The Kier molecular flexibility index (Phi) is 11.9. The average Bonchev–Trinajstić information content (AvgIpc) is 3.06. The molecule has 0 saturated heterocycles. The molecule has 1 N–H and O–H groups in total. The molecule has 0 fully saturated rings. The summed E-state index contributed by atoms with van der Waals surface area (Å²) in [5.41, 5.74) is -1.10. The number of amides is 2. The maximum atomic E-state index is 15.0. The average molecular weight is 704 g/mol. The van der Waals surface area contributed by atoms with Crippen molar-refractivity contribution in [2.24, 2.45) is 0 Å². The van der Waals surface area contributed by atoms with Gasteiger partial charge in [-0.25, -0.2) is 12.8 Å². The maximum absolute atomic E-state index is 15.0. The molecular formula is C35H34ClF4N3O4S. The molecule has 0 heterocycles. The summed E-state index contributed by atoms with van der Waals surface area (Å²) in [6, 6.07) is 21.7. The Morgan fingerprint density at radius 2 is 1.50 bits per heavy atom. The molecule has 0 spiro atoms. The number of alkyl halides is 3. The molecule has 2 atom stereocenters. The lowest BCUT2D eigenvalue weighted by Gasteiger charge is -2.34. The fourth-order valence-electron chi connectivity index (χ4n) is 4.92. The standard InChI is InChI=1S/C35H34ClF4N3O4S/c1-3-24(2)41-34(45)32(20-25-12-6-4-7-13-25)42(22-26-14-10-11-17-30(26)37)33(44)23-43(48(46,47)28-15-8-5-9-16-28)31-21-27(35(38,39)40)18-19-29(31)36/h4-19,21,24,32H,3,20,22-23H2,1-2H3,(H,41,45)/t24-,32-/m1/s1. The summed E-state index contributed by atoms with van der Waals surface area (Å²) in [5, 5.41) is 2.49. The van der Waals surface area contributed by atoms with Gasteiger partial charge in [-0.1, -0.05) is 85.3 Å². The van der Waals surface area contributed by atoms with Crippen molar-refractivity contribution in [3.63, 3.8) is 0 Å². The first-order valence-corrected chi connectivity index (χ1v) is 16.9. The predicted octanol–water partition coefficient (Wildman–Crippen LogP) is 7.25. The van der Waals surface area contributed by atoms with Gasteiger partial charge in [0.2, 0.25) is 11.8 Å². The Labute approximate surface area is 282 Å². The van der Waals surface area contributed by atoms with Crippen LogP contribution in [0, 0.1) is 5.82 Å². The highest BCUT2D eigenvalue weighted by Crippen LogP contribution is 2.37. The molecule has 0 radical (unpaired) electrons. The van der Waals surface area contributed by atoms with Crippen molar-refractivity contribution in [2.45, 2.75) is 56.4 Å². The van der Waals surface area contributed by atoms with Crippen molar-refractivity contribution in [3.8, 4) is 0 Å². The fourth-order valence-corrected chi connectivity index (χ4v) is 6.63. The molecule has 7 nitrogen and oxygen atoms in total. The number of sulfonamides is 1. The normalized spacial score (nSPS) is 13.0. The van der Waals surface area contributed by atoms with Crippen LogP contribution in [-0.4, -0.2) is 43.8 Å². The molecular weight excluding hydrogens is 670 g/mol. The van der Waals surface area contributed by atoms with Gasteiger partial charge >= 0.3 is 6.18 Å². The van der Waals surface area contributed by atoms with Crippen LogP contribution in [0.2, 0.25) is 5.02 Å². The molecule has 0 aliphatic carbocycles. The van der Waals surface area contributed by atoms with Crippen molar-refractivity contribution in [1.29, 1.82) is 0 Å². The minimum atomic E-state index is -4.86. The van der Waals surface area contributed by atoms with E-state index in [-0.39, 0.29) is 27.9 Å². The van der Waals surface area contributed by atoms with Gasteiger partial charge in [0, 0.05) is 24.6 Å². The third-order valence-corrected chi connectivity index (χ3v) is 9.82. The fraction of sp³-hybridized carbons (Fsp3) is 0.257. The van der Waals surface area contributed by atoms with Crippen LogP contribution < -0.4 is 9.62 Å². The Bertz CT molecular complexity index is 1830. The Balaban J connectivity index is 1.88. The number of nitrogens with one attached hydrogen (secondary N) is 1. The van der Waals surface area contributed by atoms with Crippen LogP contribution in [0.4, 0.5) is 23.2 Å². The third kappa shape index (κ3) is 8.93. The predicted molar refractivity (Wildman–Crippen MR) is 176 cm³/mol. The number of halogens is 5. The highest BCUT2D eigenvalue weighted by atomic mass is 35.5. The van der Waals surface area contributed by atoms with Crippen LogP contribution in [0.1, 0.15) is 37.0 Å². The van der Waals surface area contributed by atoms with Gasteiger partial charge in [0.1, 0.15) is 18.4 Å². The van der Waals surface area contributed by atoms with E-state index < -0.39 is 64.2 Å². The van der Waals surface area contributed by atoms with Crippen molar-refractivity contribution in [1.82, 2.24) is 10.2 Å². The second-order valence-electron chi connectivity index (χ2n) is 11.1. The molecule has 0 aromatic heterocycles. The van der Waals surface area contributed by atoms with E-state index in [0.29, 0.717) is 28.4 Å². The highest BCUT2D eigenvalue weighted by Gasteiger charge is 2.37. The van der Waals surface area contributed by atoms with E-state index in [9.17, 15) is 31.2 Å². The van der Waals surface area contributed by atoms with Gasteiger partial charge < -0.3 is 10.2 Å². The maximum Gasteiger partial charge on any atom is 0.416 e. The van der Waals surface area contributed by atoms with Crippen LogP contribution >= 0.6 is 11.6 Å². The third-order valence-electron chi connectivity index (χ3n) is 7.72. The van der Waals surface area contributed by atoms with Gasteiger partial charge in [-0.2, -0.15) is 13.2 Å². The SMILES string of the molecule is CC[C@@H](C)NC(=O)[C@@H](Cc1ccccc1)N(Cc1ccccc1F)C(=O)CN(c1cc(C(F)(F)F)ccc1Cl)S(=O)(=O)c1ccccc1. The van der Waals surface area contributed by atoms with E-state index in [1.165, 1.54) is 42.5 Å². The summed E-state index contributed by atoms with van der Waals surface area (Å²) in [6.07, 6.45) is -4.33. The summed E-state index contributed by atoms with van der Waals surface area (Å²) in [4.78, 5) is 29.0. The lowest BCUT2D eigenvalue weighted by Crippen LogP contribution is -2.54. The van der Waals surface area contributed by atoms with Gasteiger partial charge in [-0.05, 0) is 55.3 Å². The molecule has 4 aromatic rings. The molecule has 0 bridgehead atoms. The number of benzene rings is 4. The van der Waals surface area contributed by atoms with Crippen LogP contribution in [0.15, 0.2) is 108 Å². The second-order valence-corrected chi connectivity index (χ2v) is 13.4. The molecule has 48 heavy (non-hydrogen) atoms. The number of hydrogen-bond acceptors (Lipinski definition) is 4. The van der Waals surface area contributed by atoms with Gasteiger partial charge in [0.25, 0.3) is 10.0 Å². The first kappa shape index (κ1) is 36.4. The first-order valence-electron chi connectivity index (χ1n) is 15.0. The van der Waals surface area contributed by atoms with Crippen LogP contribution in [0.25, 0.3) is 0 Å². The highest BCUT2D eigenvalue weighted by molar-refractivity contribution is 7.92. The van der Waals surface area contributed by atoms with E-state index in [0.717, 1.165) is 11.0 Å². The number of rotatable bonds is 13. The minimum Gasteiger partial charge on any atom is -0.352 e. The number of hydrogen-bond donors (Lipinski definition) is 1. The number of carbonyl (C=O) groups is 2. The lowest BCUT2D eigenvalue weighted by atomic mass is 10.0. The number of nitrogens with zero attached hydrogens (tertiary/aromatic N) is 2. The van der Waals surface area contributed by atoms with Gasteiger partial charge in [-0.3, -0.25) is 13.9 Å². The zero-order chi connectivity index (χ0) is 35.1. The van der Waals surface area contributed by atoms with Gasteiger partial charge in [0.15, 0.2) is 0 Å². The molecule has 4 aromatic carbocycles. The molecule has 0 aliphatic rings. The van der Waals surface area contributed by atoms with E-state index in [1.807, 2.05) is 6.92 Å². The van der Waals surface area contributed by atoms with E-state index >= 15 is 4.39 Å². The Morgan fingerprint density at radius 1 is 0.896 bits per heavy atom. The summed E-state index contributed by atoms with van der Waals surface area (Å²) in [6.45, 7) is 2.11. The molecule has 0 saturated carbocycles. The molecule has 13 heteroatoms. The zero-order valence-electron chi connectivity index (χ0n) is 26.1. The Hall–Kier alpha value is -4.42. The monoisotopic (exact) mass is 703 g/mol. The molecule has 0 aliphatic heterocycles. The van der Waals surface area contributed by atoms with Crippen molar-refractivity contribution < 1.29 is 35.6 Å². The lowest BCUT2D eigenvalue weighted by molar-refractivity contribution is -0.140. The summed E-state index contributed by atoms with van der Waals surface area (Å²) >= 11 is 6.33. The second kappa shape index (κ2) is 15.7. The van der Waals surface area contributed by atoms with Crippen LogP contribution in [0.5, 0.6) is 0 Å². The van der Waals surface area contributed by atoms with E-state index in [2.05, 4.69) is 5.32 Å². The Morgan fingerprint density at radius 3 is 2.10 bits per heavy atom. The smallest absolute Gasteiger partial charge is 0.352 e. The van der Waals surface area contributed by atoms with Crippen molar-refractivity contribution in [3.05, 3.63) is 131 Å². The zero-order valence-corrected chi connectivity index (χ0v) is 27.7. The molecule has 254 valence electrons. The van der Waals surface area contributed by atoms with Gasteiger partial charge in [-0.15, -0.1) is 0 Å². The van der Waals surface area contributed by atoms with Crippen LogP contribution in [0.3, 0.4) is 0 Å². The quantitative estimate of drug-likeness (QED) is 0.149. The number of carbonyl (C=O) groups excluding carboxylic acids is 2. The molecule has 0 unspecified atom stereocenters. The minimum absolute atomic E-state index is 0.0287. The van der Waals surface area contributed by atoms with Crippen LogP contribution in [-0.2, 0) is 38.8 Å². The van der Waals surface area contributed by atoms with Crippen molar-refractivity contribution >= 4 is 39.1 Å². The van der Waals surface area contributed by atoms with Gasteiger partial charge in [0.05, 0.1) is 21.2 Å². The summed E-state index contributed by atoms with van der Waals surface area (Å²) in [7, 11) is -4.72. The largest absolute Gasteiger partial charge is 0.416 e. The molecule has 2 amide bonds. The van der Waals surface area contributed by atoms with E-state index in [4.69, 9.17) is 11.6 Å². The number of anilines is 1. The summed E-state index contributed by atoms with van der Waals surface area (Å²) in [5.74, 6) is -2.23. The summed E-state index contributed by atoms with van der Waals surface area (Å²) < 4.78 is 85.1. The first-order chi connectivity index (χ1) is 22.7. The topological polar surface area (TPSA) is 86.8 Å². The van der Waals surface area contributed by atoms with Crippen molar-refractivity contribution in [2.75, 3.05) is 10.8 Å². The molecule has 4 rings (SSSR count).